The molecule has 0 atom stereocenters. The van der Waals surface area contributed by atoms with Crippen molar-refractivity contribution in [1.82, 2.24) is 15.5 Å². The Hall–Kier alpha value is -2.67. The van der Waals surface area contributed by atoms with E-state index in [2.05, 4.69) is 15.5 Å². The first-order valence-corrected chi connectivity index (χ1v) is 8.33. The van der Waals surface area contributed by atoms with Gasteiger partial charge in [0.15, 0.2) is 6.61 Å². The van der Waals surface area contributed by atoms with Gasteiger partial charge in [-0.05, 0) is 48.6 Å². The minimum Gasteiger partial charge on any atom is -0.484 e. The van der Waals surface area contributed by atoms with Crippen LogP contribution in [0.4, 0.5) is 0 Å². The number of carbonyl (C=O) groups is 1. The first kappa shape index (κ1) is 16.2. The molecule has 2 heterocycles. The summed E-state index contributed by atoms with van der Waals surface area (Å²) in [4.78, 5) is 17.0. The average Bonchev–Trinajstić information content (AvgIpc) is 3.25. The Labute approximate surface area is 143 Å². The number of nitrogens with one attached hydrogen (secondary N) is 1. The summed E-state index contributed by atoms with van der Waals surface area (Å²) in [7, 11) is 0. The molecule has 0 spiro atoms. The molecule has 0 radical (unpaired) electrons. The number of hydrogen-bond donors (Lipinski definition) is 1. The van der Waals surface area contributed by atoms with Crippen molar-refractivity contribution >= 4 is 17.2 Å². The zero-order valence-corrected chi connectivity index (χ0v) is 14.2. The van der Waals surface area contributed by atoms with E-state index >= 15 is 0 Å². The smallest absolute Gasteiger partial charge is 0.258 e. The Balaban J connectivity index is 1.48. The number of rotatable bonds is 6. The predicted octanol–water partition coefficient (Wildman–Crippen LogP) is 3.11. The number of ether oxygens (including phenoxy) is 1. The summed E-state index contributed by atoms with van der Waals surface area (Å²) in [5.74, 6) is 1.31. The van der Waals surface area contributed by atoms with Gasteiger partial charge in [0.05, 0.1) is 11.4 Å². The van der Waals surface area contributed by atoms with Gasteiger partial charge in [-0.15, -0.1) is 11.3 Å². The van der Waals surface area contributed by atoms with Gasteiger partial charge in [0, 0.05) is 0 Å². The molecule has 0 aliphatic carbocycles. The summed E-state index contributed by atoms with van der Waals surface area (Å²) in [5.41, 5.74) is 2.31. The Morgan fingerprint density at radius 1 is 1.29 bits per heavy atom. The molecule has 124 valence electrons. The molecular formula is C17H17N3O3S. The van der Waals surface area contributed by atoms with Crippen molar-refractivity contribution < 1.29 is 14.1 Å². The van der Waals surface area contributed by atoms with Gasteiger partial charge in [-0.1, -0.05) is 17.3 Å². The van der Waals surface area contributed by atoms with Crippen molar-refractivity contribution in [2.24, 2.45) is 0 Å². The second-order valence-corrected chi connectivity index (χ2v) is 6.25. The van der Waals surface area contributed by atoms with Crippen molar-refractivity contribution in [3.05, 3.63) is 52.7 Å². The average molecular weight is 343 g/mol. The predicted molar refractivity (Wildman–Crippen MR) is 90.9 cm³/mol. The molecule has 2 aromatic heterocycles. The number of benzene rings is 1. The number of aromatic nitrogens is 2. The highest BCUT2D eigenvalue weighted by Crippen LogP contribution is 2.21. The highest BCUT2D eigenvalue weighted by Gasteiger charge is 2.11. The van der Waals surface area contributed by atoms with Crippen LogP contribution in [0.15, 0.2) is 40.2 Å². The summed E-state index contributed by atoms with van der Waals surface area (Å²) in [6.45, 7) is 4.14. The first-order chi connectivity index (χ1) is 11.6. The van der Waals surface area contributed by atoms with Crippen LogP contribution in [-0.2, 0) is 11.3 Å². The van der Waals surface area contributed by atoms with Gasteiger partial charge in [0.25, 0.3) is 5.91 Å². The van der Waals surface area contributed by atoms with Crippen molar-refractivity contribution in [3.63, 3.8) is 0 Å². The maximum Gasteiger partial charge on any atom is 0.258 e. The minimum atomic E-state index is -0.246. The standard InChI is InChI=1S/C17H17N3O3S/c1-11-5-6-13(8-12(11)2)22-10-15(21)18-9-16-19-17(20-23-16)14-4-3-7-24-14/h3-8H,9-10H2,1-2H3,(H,18,21). The summed E-state index contributed by atoms with van der Waals surface area (Å²) in [6.07, 6.45) is 0. The lowest BCUT2D eigenvalue weighted by Crippen LogP contribution is -2.28. The van der Waals surface area contributed by atoms with Gasteiger partial charge < -0.3 is 14.6 Å². The van der Waals surface area contributed by atoms with E-state index in [0.717, 1.165) is 10.4 Å². The SMILES string of the molecule is Cc1ccc(OCC(=O)NCc2nc(-c3cccs3)no2)cc1C. The van der Waals surface area contributed by atoms with E-state index in [0.29, 0.717) is 17.5 Å². The van der Waals surface area contributed by atoms with Crippen LogP contribution in [0.3, 0.4) is 0 Å². The largest absolute Gasteiger partial charge is 0.484 e. The third kappa shape index (κ3) is 3.99. The van der Waals surface area contributed by atoms with Crippen LogP contribution in [0.2, 0.25) is 0 Å². The molecule has 0 aliphatic heterocycles. The van der Waals surface area contributed by atoms with Crippen LogP contribution in [0, 0.1) is 13.8 Å². The first-order valence-electron chi connectivity index (χ1n) is 7.45. The molecule has 3 rings (SSSR count). The lowest BCUT2D eigenvalue weighted by atomic mass is 10.1. The molecule has 0 aliphatic rings. The van der Waals surface area contributed by atoms with Gasteiger partial charge >= 0.3 is 0 Å². The number of carbonyl (C=O) groups excluding carboxylic acids is 1. The highest BCUT2D eigenvalue weighted by molar-refractivity contribution is 7.13. The summed E-state index contributed by atoms with van der Waals surface area (Å²) >= 11 is 1.53. The quantitative estimate of drug-likeness (QED) is 0.744. The van der Waals surface area contributed by atoms with Gasteiger partial charge in [0.1, 0.15) is 5.75 Å². The minimum absolute atomic E-state index is 0.0611. The molecular weight excluding hydrogens is 326 g/mol. The third-order valence-electron chi connectivity index (χ3n) is 3.49. The van der Waals surface area contributed by atoms with E-state index in [-0.39, 0.29) is 19.1 Å². The van der Waals surface area contributed by atoms with Crippen LogP contribution >= 0.6 is 11.3 Å². The number of nitrogens with zero attached hydrogens (tertiary/aromatic N) is 2. The van der Waals surface area contributed by atoms with E-state index in [1.165, 1.54) is 16.9 Å². The van der Waals surface area contributed by atoms with Crippen LogP contribution in [-0.4, -0.2) is 22.7 Å². The molecule has 1 amide bonds. The molecule has 6 nitrogen and oxygen atoms in total. The molecule has 1 aromatic carbocycles. The van der Waals surface area contributed by atoms with Crippen molar-refractivity contribution in [2.75, 3.05) is 6.61 Å². The number of hydrogen-bond acceptors (Lipinski definition) is 6. The third-order valence-corrected chi connectivity index (χ3v) is 4.36. The zero-order valence-electron chi connectivity index (χ0n) is 13.4. The molecule has 24 heavy (non-hydrogen) atoms. The van der Waals surface area contributed by atoms with Gasteiger partial charge in [0.2, 0.25) is 11.7 Å². The Kier molecular flexibility index (Phi) is 4.90. The number of aryl methyl sites for hydroxylation is 2. The van der Waals surface area contributed by atoms with Crippen LogP contribution in [0.1, 0.15) is 17.0 Å². The normalized spacial score (nSPS) is 10.6. The van der Waals surface area contributed by atoms with E-state index in [1.807, 2.05) is 49.6 Å². The molecule has 0 saturated heterocycles. The maximum absolute atomic E-state index is 11.9. The summed E-state index contributed by atoms with van der Waals surface area (Å²) in [5, 5.41) is 8.53. The fourth-order valence-electron chi connectivity index (χ4n) is 2.01. The monoisotopic (exact) mass is 343 g/mol. The van der Waals surface area contributed by atoms with Crippen molar-refractivity contribution in [2.45, 2.75) is 20.4 Å². The molecule has 1 N–H and O–H groups in total. The maximum atomic E-state index is 11.9. The molecule has 0 fully saturated rings. The van der Waals surface area contributed by atoms with E-state index in [4.69, 9.17) is 9.26 Å². The van der Waals surface area contributed by atoms with Crippen LogP contribution in [0.25, 0.3) is 10.7 Å². The summed E-state index contributed by atoms with van der Waals surface area (Å²) in [6, 6.07) is 9.55. The molecule has 7 heteroatoms. The summed E-state index contributed by atoms with van der Waals surface area (Å²) < 4.78 is 10.6. The Morgan fingerprint density at radius 3 is 2.92 bits per heavy atom. The molecule has 0 unspecified atom stereocenters. The second kappa shape index (κ2) is 7.27. The Morgan fingerprint density at radius 2 is 2.17 bits per heavy atom. The van der Waals surface area contributed by atoms with Crippen LogP contribution in [0.5, 0.6) is 5.75 Å². The second-order valence-electron chi connectivity index (χ2n) is 5.30. The highest BCUT2D eigenvalue weighted by atomic mass is 32.1. The van der Waals surface area contributed by atoms with Crippen molar-refractivity contribution in [3.8, 4) is 16.5 Å². The number of amides is 1. The molecule has 0 bridgehead atoms. The molecule has 3 aromatic rings. The van der Waals surface area contributed by atoms with Gasteiger partial charge in [-0.25, -0.2) is 0 Å². The number of thiophene rings is 1. The van der Waals surface area contributed by atoms with Crippen molar-refractivity contribution in [1.29, 1.82) is 0 Å². The fraction of sp³-hybridized carbons (Fsp3) is 0.235. The van der Waals surface area contributed by atoms with E-state index in [9.17, 15) is 4.79 Å². The zero-order chi connectivity index (χ0) is 16.9. The van der Waals surface area contributed by atoms with Crippen LogP contribution < -0.4 is 10.1 Å². The van der Waals surface area contributed by atoms with E-state index < -0.39 is 0 Å². The fourth-order valence-corrected chi connectivity index (χ4v) is 2.66. The molecule has 0 saturated carbocycles. The lowest BCUT2D eigenvalue weighted by Gasteiger charge is -2.08. The van der Waals surface area contributed by atoms with E-state index in [1.54, 1.807) is 0 Å². The topological polar surface area (TPSA) is 77.2 Å². The van der Waals surface area contributed by atoms with Gasteiger partial charge in [-0.2, -0.15) is 4.98 Å². The van der Waals surface area contributed by atoms with Gasteiger partial charge in [-0.3, -0.25) is 4.79 Å². The Bertz CT molecular complexity index is 827. The lowest BCUT2D eigenvalue weighted by molar-refractivity contribution is -0.123.